The molecular formula is C44H36N4OPd. The topological polar surface area (TPSA) is 44.3 Å². The van der Waals surface area contributed by atoms with Crippen molar-refractivity contribution in [2.45, 2.75) is 52.4 Å². The minimum absolute atomic E-state index is 0. The fraction of sp³-hybridized carbons (Fsp3) is 0.182. The number of aromatic nitrogens is 4. The van der Waals surface area contributed by atoms with E-state index in [1.807, 2.05) is 42.6 Å². The van der Waals surface area contributed by atoms with Gasteiger partial charge in [-0.3, -0.25) is 4.98 Å². The van der Waals surface area contributed by atoms with Gasteiger partial charge >= 0.3 is 20.4 Å². The maximum absolute atomic E-state index is 6.61. The molecule has 0 aliphatic rings. The number of imidazole rings is 1. The Morgan fingerprint density at radius 1 is 0.620 bits per heavy atom. The molecule has 9 aromatic rings. The molecule has 5 aromatic carbocycles. The van der Waals surface area contributed by atoms with Gasteiger partial charge in [0.15, 0.2) is 0 Å². The van der Waals surface area contributed by atoms with Crippen molar-refractivity contribution in [3.8, 4) is 17.3 Å². The standard InChI is InChI=1S/C44H36N4O.Pd/c1-43(2,3)33-22-23-37-40(41(33)44(4,5)6)31-21-19-27(25-32(31)42-46-34-14-8-10-16-36(34)48(37)42)49-28-18-20-30-29-13-7-9-15-35(29)47(38(30)26-28)39-17-11-12-24-45-39;/h7-24H,1-6H3;/q-2;+2. The molecule has 0 saturated heterocycles. The number of nitrogens with zero attached hydrogens (tertiary/aromatic N) is 4. The van der Waals surface area contributed by atoms with Gasteiger partial charge in [-0.25, -0.2) is 4.98 Å². The van der Waals surface area contributed by atoms with Crippen LogP contribution in [0.15, 0.2) is 109 Å². The molecule has 0 bridgehead atoms. The van der Waals surface area contributed by atoms with Crippen LogP contribution in [0.1, 0.15) is 52.7 Å². The van der Waals surface area contributed by atoms with Crippen LogP contribution >= 0.6 is 0 Å². The molecule has 0 unspecified atom stereocenters. The van der Waals surface area contributed by atoms with Crippen LogP contribution in [0.4, 0.5) is 0 Å². The number of fused-ring (bicyclic) bond motifs is 11. The Balaban J connectivity index is 0.00000361. The fourth-order valence-corrected chi connectivity index (χ4v) is 7.59. The molecule has 0 aliphatic carbocycles. The molecule has 5 nitrogen and oxygen atoms in total. The third-order valence-electron chi connectivity index (χ3n) is 9.61. The van der Waals surface area contributed by atoms with Crippen LogP contribution < -0.4 is 4.74 Å². The molecule has 4 heterocycles. The normalized spacial score (nSPS) is 12.4. The third-order valence-corrected chi connectivity index (χ3v) is 9.61. The van der Waals surface area contributed by atoms with Gasteiger partial charge in [0.2, 0.25) is 0 Å². The second-order valence-electron chi connectivity index (χ2n) is 15.0. The quantitative estimate of drug-likeness (QED) is 0.103. The van der Waals surface area contributed by atoms with Gasteiger partial charge in [-0.2, -0.15) is 6.07 Å². The first-order valence-corrected chi connectivity index (χ1v) is 16.9. The van der Waals surface area contributed by atoms with E-state index in [-0.39, 0.29) is 31.3 Å². The van der Waals surface area contributed by atoms with E-state index in [0.717, 1.165) is 60.6 Å². The van der Waals surface area contributed by atoms with E-state index in [1.54, 1.807) is 0 Å². The van der Waals surface area contributed by atoms with Crippen molar-refractivity contribution in [2.75, 3.05) is 0 Å². The average Bonchev–Trinajstić information content (AvgIpc) is 3.64. The van der Waals surface area contributed by atoms with Crippen LogP contribution in [0.3, 0.4) is 0 Å². The molecule has 0 saturated carbocycles. The molecule has 0 amide bonds. The molecular weight excluding hydrogens is 707 g/mol. The fourth-order valence-electron chi connectivity index (χ4n) is 7.59. The van der Waals surface area contributed by atoms with E-state index in [0.29, 0.717) is 11.5 Å². The van der Waals surface area contributed by atoms with Crippen LogP contribution in [0.25, 0.3) is 66.0 Å². The summed E-state index contributed by atoms with van der Waals surface area (Å²) in [7, 11) is 0. The smallest absolute Gasteiger partial charge is 0.503 e. The molecule has 6 heteroatoms. The molecule has 9 rings (SSSR count). The number of pyridine rings is 2. The third kappa shape index (κ3) is 4.93. The monoisotopic (exact) mass is 742 g/mol. The SMILES string of the molecule is CC(C)(C)c1ccc2c(c1C(C)(C)C)c1ccc(Oc3[c-]c4c(cc3)c3ccccc3n4-c3ccccn3)[c-]c1c1nc3ccccc3n21.[Pd+2]. The van der Waals surface area contributed by atoms with E-state index in [9.17, 15) is 0 Å². The first-order valence-electron chi connectivity index (χ1n) is 16.9. The second-order valence-corrected chi connectivity index (χ2v) is 15.0. The van der Waals surface area contributed by atoms with Crippen LogP contribution in [0.5, 0.6) is 11.5 Å². The maximum atomic E-state index is 6.61. The molecule has 248 valence electrons. The van der Waals surface area contributed by atoms with Gasteiger partial charge in [-0.05, 0) is 69.1 Å². The van der Waals surface area contributed by atoms with Crippen LogP contribution in [-0.2, 0) is 31.3 Å². The van der Waals surface area contributed by atoms with Gasteiger partial charge in [-0.15, -0.1) is 29.7 Å². The van der Waals surface area contributed by atoms with E-state index >= 15 is 0 Å². The maximum Gasteiger partial charge on any atom is 2.00 e. The van der Waals surface area contributed by atoms with E-state index in [4.69, 9.17) is 9.72 Å². The van der Waals surface area contributed by atoms with Gasteiger partial charge in [-0.1, -0.05) is 106 Å². The molecule has 4 aromatic heterocycles. The molecule has 0 spiro atoms. The number of ether oxygens (including phenoxy) is 1. The Bertz CT molecular complexity index is 2760. The Labute approximate surface area is 305 Å². The van der Waals surface area contributed by atoms with E-state index in [2.05, 4.69) is 134 Å². The minimum Gasteiger partial charge on any atom is -0.503 e. The summed E-state index contributed by atoms with van der Waals surface area (Å²) in [6, 6.07) is 42.9. The second kappa shape index (κ2) is 11.5. The van der Waals surface area contributed by atoms with Crippen molar-refractivity contribution in [3.63, 3.8) is 0 Å². The average molecular weight is 743 g/mol. The van der Waals surface area contributed by atoms with Crippen molar-refractivity contribution in [1.29, 1.82) is 0 Å². The van der Waals surface area contributed by atoms with Gasteiger partial charge in [0.05, 0.1) is 16.7 Å². The van der Waals surface area contributed by atoms with Crippen molar-refractivity contribution < 1.29 is 25.2 Å². The molecule has 50 heavy (non-hydrogen) atoms. The summed E-state index contributed by atoms with van der Waals surface area (Å²) in [6.45, 7) is 13.9. The van der Waals surface area contributed by atoms with Crippen LogP contribution in [-0.4, -0.2) is 18.9 Å². The first-order chi connectivity index (χ1) is 23.6. The number of rotatable bonds is 3. The van der Waals surface area contributed by atoms with Gasteiger partial charge in [0.25, 0.3) is 0 Å². The molecule has 0 aliphatic heterocycles. The summed E-state index contributed by atoms with van der Waals surface area (Å²) in [5, 5.41) is 5.53. The summed E-state index contributed by atoms with van der Waals surface area (Å²) in [5.74, 6) is 2.06. The summed E-state index contributed by atoms with van der Waals surface area (Å²) in [5.41, 5.74) is 8.60. The predicted octanol–water partition coefficient (Wildman–Crippen LogP) is 11.3. The van der Waals surface area contributed by atoms with Crippen molar-refractivity contribution >= 4 is 60.2 Å². The Kier molecular flexibility index (Phi) is 7.42. The summed E-state index contributed by atoms with van der Waals surface area (Å²) in [4.78, 5) is 9.85. The van der Waals surface area contributed by atoms with Gasteiger partial charge in [0, 0.05) is 28.7 Å². The largest absolute Gasteiger partial charge is 2.00 e. The first kappa shape index (κ1) is 32.2. The Hall–Kier alpha value is -5.02. The summed E-state index contributed by atoms with van der Waals surface area (Å²) < 4.78 is 11.1. The van der Waals surface area contributed by atoms with E-state index < -0.39 is 0 Å². The zero-order chi connectivity index (χ0) is 33.7. The summed E-state index contributed by atoms with van der Waals surface area (Å²) in [6.07, 6.45) is 1.82. The number of hydrogen-bond acceptors (Lipinski definition) is 3. The van der Waals surface area contributed by atoms with Gasteiger partial charge < -0.3 is 13.7 Å². The van der Waals surface area contributed by atoms with Crippen molar-refractivity contribution in [3.05, 3.63) is 133 Å². The van der Waals surface area contributed by atoms with Crippen LogP contribution in [0, 0.1) is 12.1 Å². The minimum atomic E-state index is -0.106. The van der Waals surface area contributed by atoms with Crippen LogP contribution in [0.2, 0.25) is 0 Å². The molecule has 0 atom stereocenters. The zero-order valence-electron chi connectivity index (χ0n) is 28.9. The zero-order valence-corrected chi connectivity index (χ0v) is 30.5. The predicted molar refractivity (Wildman–Crippen MR) is 201 cm³/mol. The number of para-hydroxylation sites is 3. The van der Waals surface area contributed by atoms with Crippen molar-refractivity contribution in [2.24, 2.45) is 0 Å². The van der Waals surface area contributed by atoms with Crippen molar-refractivity contribution in [1.82, 2.24) is 18.9 Å². The van der Waals surface area contributed by atoms with Gasteiger partial charge in [0.1, 0.15) is 5.82 Å². The molecule has 0 fully saturated rings. The Morgan fingerprint density at radius 3 is 2.06 bits per heavy atom. The molecule has 0 N–H and O–H groups in total. The number of benzene rings is 5. The number of hydrogen-bond donors (Lipinski definition) is 0. The Morgan fingerprint density at radius 2 is 1.32 bits per heavy atom. The summed E-state index contributed by atoms with van der Waals surface area (Å²) >= 11 is 0. The van der Waals surface area contributed by atoms with E-state index in [1.165, 1.54) is 16.5 Å². The molecule has 0 radical (unpaired) electrons.